The maximum atomic E-state index is 11.9. The molecular formula is C18H20N2O3. The summed E-state index contributed by atoms with van der Waals surface area (Å²) in [6.45, 7) is 3.76. The number of rotatable bonds is 6. The molecule has 120 valence electrons. The van der Waals surface area contributed by atoms with Crippen molar-refractivity contribution < 1.29 is 14.4 Å². The zero-order valence-electron chi connectivity index (χ0n) is 13.5. The van der Waals surface area contributed by atoms with Gasteiger partial charge >= 0.3 is 0 Å². The average Bonchev–Trinajstić information content (AvgIpc) is 2.55. The summed E-state index contributed by atoms with van der Waals surface area (Å²) in [6.07, 6.45) is 1.52. The van der Waals surface area contributed by atoms with E-state index in [4.69, 9.17) is 9.57 Å². The van der Waals surface area contributed by atoms with Gasteiger partial charge in [0.15, 0.2) is 6.61 Å². The Morgan fingerprint density at radius 1 is 1.22 bits per heavy atom. The summed E-state index contributed by atoms with van der Waals surface area (Å²) in [4.78, 5) is 16.9. The van der Waals surface area contributed by atoms with Gasteiger partial charge in [0.1, 0.15) is 5.75 Å². The van der Waals surface area contributed by atoms with Crippen LogP contribution in [0.25, 0.3) is 0 Å². The zero-order valence-corrected chi connectivity index (χ0v) is 13.5. The minimum atomic E-state index is -0.254. The van der Waals surface area contributed by atoms with E-state index in [-0.39, 0.29) is 12.5 Å². The van der Waals surface area contributed by atoms with Crippen LogP contribution < -0.4 is 10.1 Å². The molecule has 1 N–H and O–H groups in total. The summed E-state index contributed by atoms with van der Waals surface area (Å²) in [7, 11) is 1.59. The lowest BCUT2D eigenvalue weighted by Crippen LogP contribution is -2.17. The van der Waals surface area contributed by atoms with Crippen molar-refractivity contribution in [1.29, 1.82) is 0 Å². The van der Waals surface area contributed by atoms with Crippen molar-refractivity contribution in [3.05, 3.63) is 59.2 Å². The number of nitrogens with one attached hydrogen (secondary N) is 1. The average molecular weight is 312 g/mol. The van der Waals surface area contributed by atoms with Gasteiger partial charge in [0.05, 0.1) is 13.3 Å². The normalized spacial score (nSPS) is 10.6. The van der Waals surface area contributed by atoms with Gasteiger partial charge in [-0.25, -0.2) is 0 Å². The predicted molar refractivity (Wildman–Crippen MR) is 91.1 cm³/mol. The number of hydrogen-bond acceptors (Lipinski definition) is 4. The predicted octanol–water partition coefficient (Wildman–Crippen LogP) is 3.30. The van der Waals surface area contributed by atoms with Gasteiger partial charge in [0, 0.05) is 11.3 Å². The van der Waals surface area contributed by atoms with Gasteiger partial charge in [-0.2, -0.15) is 0 Å². The maximum Gasteiger partial charge on any atom is 0.265 e. The molecule has 0 radical (unpaired) electrons. The van der Waals surface area contributed by atoms with E-state index in [1.165, 1.54) is 6.21 Å². The van der Waals surface area contributed by atoms with Gasteiger partial charge in [-0.05, 0) is 43.2 Å². The van der Waals surface area contributed by atoms with Gasteiger partial charge < -0.3 is 14.9 Å². The minimum Gasteiger partial charge on any atom is -0.496 e. The Morgan fingerprint density at radius 2 is 2.00 bits per heavy atom. The smallest absolute Gasteiger partial charge is 0.265 e. The first-order chi connectivity index (χ1) is 11.1. The Bertz CT molecular complexity index is 711. The zero-order chi connectivity index (χ0) is 16.7. The highest BCUT2D eigenvalue weighted by molar-refractivity contribution is 5.92. The van der Waals surface area contributed by atoms with E-state index in [1.807, 2.05) is 56.3 Å². The van der Waals surface area contributed by atoms with E-state index in [0.29, 0.717) is 5.75 Å². The number of carbonyl (C=O) groups excluding carboxylic acids is 1. The number of aryl methyl sites for hydroxylation is 2. The number of nitrogens with zero attached hydrogens (tertiary/aromatic N) is 1. The van der Waals surface area contributed by atoms with Crippen LogP contribution in [0.5, 0.6) is 5.75 Å². The van der Waals surface area contributed by atoms with Crippen molar-refractivity contribution in [2.24, 2.45) is 5.16 Å². The van der Waals surface area contributed by atoms with Crippen LogP contribution in [0.4, 0.5) is 5.69 Å². The fourth-order valence-electron chi connectivity index (χ4n) is 2.02. The lowest BCUT2D eigenvalue weighted by Gasteiger charge is -2.08. The molecule has 5 heteroatoms. The summed E-state index contributed by atoms with van der Waals surface area (Å²) in [5, 5.41) is 6.62. The summed E-state index contributed by atoms with van der Waals surface area (Å²) in [5.74, 6) is 0.440. The Kier molecular flexibility index (Phi) is 5.74. The number of hydrogen-bond donors (Lipinski definition) is 1. The summed E-state index contributed by atoms with van der Waals surface area (Å²) < 4.78 is 5.20. The van der Waals surface area contributed by atoms with E-state index >= 15 is 0 Å². The van der Waals surface area contributed by atoms with E-state index in [1.54, 1.807) is 7.11 Å². The molecule has 0 bridgehead atoms. The van der Waals surface area contributed by atoms with Crippen LogP contribution in [0.15, 0.2) is 47.6 Å². The number of ether oxygens (including phenoxy) is 1. The van der Waals surface area contributed by atoms with E-state index in [9.17, 15) is 4.79 Å². The number of amides is 1. The van der Waals surface area contributed by atoms with E-state index < -0.39 is 0 Å². The van der Waals surface area contributed by atoms with Crippen LogP contribution in [-0.4, -0.2) is 25.8 Å². The molecule has 0 saturated heterocycles. The third-order valence-corrected chi connectivity index (χ3v) is 3.27. The minimum absolute atomic E-state index is 0.154. The van der Waals surface area contributed by atoms with Crippen LogP contribution in [0.1, 0.15) is 16.7 Å². The third kappa shape index (κ3) is 4.85. The molecule has 2 aromatic rings. The molecule has 1 amide bonds. The summed E-state index contributed by atoms with van der Waals surface area (Å²) >= 11 is 0. The Labute approximate surface area is 135 Å². The van der Waals surface area contributed by atoms with Crippen molar-refractivity contribution >= 4 is 17.8 Å². The molecule has 0 spiro atoms. The van der Waals surface area contributed by atoms with Crippen molar-refractivity contribution in [2.75, 3.05) is 19.0 Å². The molecule has 2 rings (SSSR count). The van der Waals surface area contributed by atoms with Gasteiger partial charge in [-0.1, -0.05) is 29.4 Å². The second-order valence-electron chi connectivity index (χ2n) is 5.12. The Hall–Kier alpha value is -2.82. The highest BCUT2D eigenvalue weighted by atomic mass is 16.6. The summed E-state index contributed by atoms with van der Waals surface area (Å²) in [6, 6.07) is 13.3. The monoisotopic (exact) mass is 312 g/mol. The second kappa shape index (κ2) is 7.98. The molecule has 0 aliphatic heterocycles. The number of benzene rings is 2. The molecule has 0 fully saturated rings. The summed E-state index contributed by atoms with van der Waals surface area (Å²) in [5.41, 5.74) is 3.65. The SMILES string of the molecule is COc1ccccc1/C=N\OCC(=O)Nc1cc(C)ccc1C. The molecule has 0 unspecified atom stereocenters. The van der Waals surface area contributed by atoms with Crippen LogP contribution in [-0.2, 0) is 9.63 Å². The van der Waals surface area contributed by atoms with Crippen molar-refractivity contribution in [3.8, 4) is 5.75 Å². The number of anilines is 1. The number of para-hydroxylation sites is 1. The van der Waals surface area contributed by atoms with Gasteiger partial charge in [0.25, 0.3) is 5.91 Å². The molecule has 0 heterocycles. The lowest BCUT2D eigenvalue weighted by molar-refractivity contribution is -0.120. The lowest BCUT2D eigenvalue weighted by atomic mass is 10.1. The number of methoxy groups -OCH3 is 1. The highest BCUT2D eigenvalue weighted by Gasteiger charge is 2.05. The van der Waals surface area contributed by atoms with Gasteiger partial charge in [-0.15, -0.1) is 0 Å². The molecule has 0 aliphatic carbocycles. The van der Waals surface area contributed by atoms with Crippen LogP contribution >= 0.6 is 0 Å². The fraction of sp³-hybridized carbons (Fsp3) is 0.222. The number of oxime groups is 1. The molecule has 0 saturated carbocycles. The standard InChI is InChI=1S/C18H20N2O3/c1-13-8-9-14(2)16(10-13)20-18(21)12-23-19-11-15-6-4-5-7-17(15)22-3/h4-11H,12H2,1-3H3,(H,20,21)/b19-11-. The largest absolute Gasteiger partial charge is 0.496 e. The van der Waals surface area contributed by atoms with Gasteiger partial charge in [0.2, 0.25) is 0 Å². The molecule has 5 nitrogen and oxygen atoms in total. The highest BCUT2D eigenvalue weighted by Crippen LogP contribution is 2.16. The number of carbonyl (C=O) groups is 1. The fourth-order valence-corrected chi connectivity index (χ4v) is 2.02. The molecule has 0 atom stereocenters. The molecule has 2 aromatic carbocycles. The van der Waals surface area contributed by atoms with Crippen LogP contribution in [0.3, 0.4) is 0 Å². The van der Waals surface area contributed by atoms with Crippen LogP contribution in [0.2, 0.25) is 0 Å². The van der Waals surface area contributed by atoms with Crippen molar-refractivity contribution in [1.82, 2.24) is 0 Å². The third-order valence-electron chi connectivity index (χ3n) is 3.27. The quantitative estimate of drug-likeness (QED) is 0.657. The second-order valence-corrected chi connectivity index (χ2v) is 5.12. The van der Waals surface area contributed by atoms with E-state index in [0.717, 1.165) is 22.4 Å². The first-order valence-electron chi connectivity index (χ1n) is 7.25. The molecular weight excluding hydrogens is 292 g/mol. The topological polar surface area (TPSA) is 59.9 Å². The van der Waals surface area contributed by atoms with Crippen molar-refractivity contribution in [2.45, 2.75) is 13.8 Å². The van der Waals surface area contributed by atoms with Crippen LogP contribution in [0, 0.1) is 13.8 Å². The van der Waals surface area contributed by atoms with Crippen molar-refractivity contribution in [3.63, 3.8) is 0 Å². The molecule has 0 aromatic heterocycles. The molecule has 23 heavy (non-hydrogen) atoms. The first kappa shape index (κ1) is 16.5. The maximum absolute atomic E-state index is 11.9. The Morgan fingerprint density at radius 3 is 2.78 bits per heavy atom. The van der Waals surface area contributed by atoms with Gasteiger partial charge in [-0.3, -0.25) is 4.79 Å². The Balaban J connectivity index is 1.87. The van der Waals surface area contributed by atoms with E-state index in [2.05, 4.69) is 10.5 Å². The first-order valence-corrected chi connectivity index (χ1v) is 7.25. The molecule has 0 aliphatic rings.